The van der Waals surface area contributed by atoms with Crippen LogP contribution in [-0.2, 0) is 22.7 Å². The lowest BCUT2D eigenvalue weighted by molar-refractivity contribution is -0.950. The highest BCUT2D eigenvalue weighted by atomic mass is 79.9. The molecule has 2 aromatic carbocycles. The number of halogens is 2. The number of rotatable bonds is 9. The third kappa shape index (κ3) is 7.88. The molecule has 0 spiro atoms. The van der Waals surface area contributed by atoms with Gasteiger partial charge in [-0.15, -0.1) is 0 Å². The van der Waals surface area contributed by atoms with Crippen LogP contribution in [0.3, 0.4) is 0 Å². The average Bonchev–Trinajstić information content (AvgIpc) is 3.02. The fraction of sp³-hybridized carbons (Fsp3) is 0.333. The minimum atomic E-state index is -0.986. The van der Waals surface area contributed by atoms with Crippen molar-refractivity contribution in [1.29, 1.82) is 0 Å². The molecule has 0 radical (unpaired) electrons. The summed E-state index contributed by atoms with van der Waals surface area (Å²) >= 11 is 5.91. The second-order valence-electron chi connectivity index (χ2n) is 11.2. The van der Waals surface area contributed by atoms with Gasteiger partial charge in [0.25, 0.3) is 11.8 Å². The molecule has 3 aliphatic rings. The molecule has 45 heavy (non-hydrogen) atoms. The number of carbonyl (C=O) groups excluding carboxylic acids is 3. The summed E-state index contributed by atoms with van der Waals surface area (Å²) in [6, 6.07) is 17.9. The van der Waals surface area contributed by atoms with Crippen LogP contribution in [0.1, 0.15) is 34.5 Å². The highest BCUT2D eigenvalue weighted by Gasteiger charge is 2.55. The van der Waals surface area contributed by atoms with E-state index in [9.17, 15) is 14.4 Å². The van der Waals surface area contributed by atoms with Crippen LogP contribution in [0.4, 0.5) is 11.6 Å². The maximum Gasteiger partial charge on any atom is 0.302 e. The summed E-state index contributed by atoms with van der Waals surface area (Å²) in [5.74, 6) is -1.76. The monoisotopic (exact) mass is 698 g/mol. The van der Waals surface area contributed by atoms with Gasteiger partial charge in [-0.05, 0) is 17.0 Å². The summed E-state index contributed by atoms with van der Waals surface area (Å²) < 4.78 is 0.253. The Morgan fingerprint density at radius 3 is 1.96 bits per heavy atom. The Hall–Kier alpha value is -4.27. The number of quaternary nitrogens is 1. The molecule has 13 nitrogen and oxygen atoms in total. The molecule has 15 heteroatoms. The lowest BCUT2D eigenvalue weighted by Gasteiger charge is -2.54. The number of hydrogen-bond acceptors (Lipinski definition) is 7. The number of aromatic nitrogens is 2. The molecule has 3 aliphatic heterocycles. The van der Waals surface area contributed by atoms with Crippen LogP contribution >= 0.6 is 11.6 Å². The van der Waals surface area contributed by atoms with Gasteiger partial charge in [-0.2, -0.15) is 4.99 Å². The predicted molar refractivity (Wildman–Crippen MR) is 167 cm³/mol. The molecule has 3 aromatic rings. The molecular formula is C30H36BrClN10O3. The van der Waals surface area contributed by atoms with Gasteiger partial charge >= 0.3 is 5.91 Å². The molecule has 9 N–H and O–H groups in total. The van der Waals surface area contributed by atoms with E-state index >= 15 is 0 Å². The number of amides is 3. The van der Waals surface area contributed by atoms with Gasteiger partial charge in [0.05, 0.1) is 19.1 Å². The van der Waals surface area contributed by atoms with Crippen molar-refractivity contribution in [2.24, 2.45) is 16.6 Å². The van der Waals surface area contributed by atoms with Gasteiger partial charge in [-0.3, -0.25) is 14.4 Å². The van der Waals surface area contributed by atoms with Crippen LogP contribution in [0.5, 0.6) is 0 Å². The van der Waals surface area contributed by atoms with Crippen molar-refractivity contribution in [2.45, 2.75) is 38.0 Å². The lowest BCUT2D eigenvalue weighted by Crippen LogP contribution is -3.00. The van der Waals surface area contributed by atoms with Gasteiger partial charge in [-0.1, -0.05) is 72.3 Å². The number of aliphatic imine (C=N–C) groups is 1. The molecule has 3 saturated heterocycles. The fourth-order valence-electron chi connectivity index (χ4n) is 6.12. The second-order valence-corrected chi connectivity index (χ2v) is 11.5. The first-order chi connectivity index (χ1) is 21.1. The van der Waals surface area contributed by atoms with E-state index in [4.69, 9.17) is 28.8 Å². The highest BCUT2D eigenvalue weighted by Crippen LogP contribution is 2.36. The molecule has 0 unspecified atom stereocenters. The summed E-state index contributed by atoms with van der Waals surface area (Å²) in [5, 5.41) is 8.96. The molecule has 6 rings (SSSR count). The van der Waals surface area contributed by atoms with Crippen LogP contribution in [-0.4, -0.2) is 69.9 Å². The van der Waals surface area contributed by atoms with E-state index in [0.717, 1.165) is 24.0 Å². The van der Waals surface area contributed by atoms with Crippen LogP contribution in [0, 0.1) is 5.92 Å². The molecule has 0 aliphatic carbocycles. The quantitative estimate of drug-likeness (QED) is 0.0629. The Balaban J connectivity index is 0.00000461. The Morgan fingerprint density at radius 1 is 0.889 bits per heavy atom. The van der Waals surface area contributed by atoms with Crippen molar-refractivity contribution in [3.05, 3.63) is 82.6 Å². The molecule has 3 amide bonds. The third-order valence-corrected chi connectivity index (χ3v) is 8.62. The molecular weight excluding hydrogens is 664 g/mol. The number of guanidine groups is 1. The van der Waals surface area contributed by atoms with Crippen molar-refractivity contribution in [3.63, 3.8) is 0 Å². The van der Waals surface area contributed by atoms with E-state index in [2.05, 4.69) is 30.9 Å². The molecule has 2 bridgehead atoms. The number of nitrogen functional groups attached to an aromatic ring is 2. The van der Waals surface area contributed by atoms with Crippen molar-refractivity contribution >= 4 is 46.9 Å². The zero-order chi connectivity index (χ0) is 31.3. The second kappa shape index (κ2) is 14.7. The molecule has 238 valence electrons. The largest absolute Gasteiger partial charge is 1.00 e. The van der Waals surface area contributed by atoms with E-state index in [0.29, 0.717) is 32.7 Å². The number of piperidine rings is 3. The van der Waals surface area contributed by atoms with Gasteiger partial charge < -0.3 is 54.6 Å². The lowest BCUT2D eigenvalue weighted by atomic mass is 9.80. The summed E-state index contributed by atoms with van der Waals surface area (Å²) in [7, 11) is 0. The Labute approximate surface area is 276 Å². The van der Waals surface area contributed by atoms with Crippen LogP contribution in [0.2, 0.25) is 5.15 Å². The minimum Gasteiger partial charge on any atom is -1.00 e. The zero-order valence-electron chi connectivity index (χ0n) is 24.5. The summed E-state index contributed by atoms with van der Waals surface area (Å²) in [4.78, 5) is 52.0. The maximum atomic E-state index is 13.8. The predicted octanol–water partition coefficient (Wildman–Crippen LogP) is -2.05. The van der Waals surface area contributed by atoms with E-state index in [-0.39, 0.29) is 73.7 Å². The van der Waals surface area contributed by atoms with Gasteiger partial charge in [-0.25, -0.2) is 9.97 Å². The number of hydrogen-bond donors (Lipinski definition) is 6. The van der Waals surface area contributed by atoms with Crippen molar-refractivity contribution in [1.82, 2.24) is 25.9 Å². The normalized spacial score (nSPS) is 20.6. The number of nitrogens with one attached hydrogen (secondary N) is 3. The number of fused-ring (bicyclic) bond motifs is 3. The number of nitrogens with two attached hydrogens (primary N) is 3. The molecule has 1 aromatic heterocycles. The van der Waals surface area contributed by atoms with Crippen LogP contribution in [0.15, 0.2) is 65.7 Å². The van der Waals surface area contributed by atoms with Crippen LogP contribution < -0.4 is 50.1 Å². The number of nitrogens with zero attached hydrogens (tertiary/aromatic N) is 4. The van der Waals surface area contributed by atoms with Crippen molar-refractivity contribution in [2.75, 3.05) is 31.1 Å². The van der Waals surface area contributed by atoms with Gasteiger partial charge in [0, 0.05) is 25.9 Å². The first-order valence-corrected chi connectivity index (χ1v) is 14.8. The van der Waals surface area contributed by atoms with E-state index in [1.54, 1.807) is 0 Å². The van der Waals surface area contributed by atoms with E-state index in [1.807, 2.05) is 60.7 Å². The van der Waals surface area contributed by atoms with E-state index in [1.165, 1.54) is 0 Å². The number of anilines is 2. The number of carbonyl (C=O) groups is 3. The first-order valence-electron chi connectivity index (χ1n) is 14.4. The molecule has 4 heterocycles. The summed E-state index contributed by atoms with van der Waals surface area (Å²) in [6.45, 7) is 2.34. The van der Waals surface area contributed by atoms with Gasteiger partial charge in [0.2, 0.25) is 6.04 Å². The highest BCUT2D eigenvalue weighted by molar-refractivity contribution is 6.31. The SMILES string of the molecule is NC(=NC(=O)c1nc(Cl)c(N)nc1N)N[C@@H]1C[N+]2(C(C(=O)NCc3ccccc3)C(=O)NCc3ccccc3)CCC1CC2.[Br-]. The molecule has 1 atom stereocenters. The molecule has 3 fully saturated rings. The summed E-state index contributed by atoms with van der Waals surface area (Å²) in [6.07, 6.45) is 1.53. The Kier molecular flexibility index (Phi) is 11.0. The standard InChI is InChI=1S/C30H35ClN10O3.BrH/c31-24-26(33)39-25(32)22(38-24)27(42)40-30(34)37-21-17-41(13-11-20(21)12-14-41)23(28(43)35-15-18-7-3-1-4-8-18)29(44)36-16-19-9-5-2-6-10-19;/h1-10,20-21,23H,11-17H2,(H8-,32,33,34,35,36,37,39,40,42,43,44);1H/t20?,21-,41?;/m1./s1. The summed E-state index contributed by atoms with van der Waals surface area (Å²) in [5.41, 5.74) is 19.1. The minimum absolute atomic E-state index is 0. The fourth-order valence-corrected chi connectivity index (χ4v) is 6.25. The van der Waals surface area contributed by atoms with Crippen molar-refractivity contribution < 1.29 is 35.8 Å². The zero-order valence-corrected chi connectivity index (χ0v) is 26.8. The van der Waals surface area contributed by atoms with E-state index < -0.39 is 11.9 Å². The third-order valence-electron chi connectivity index (χ3n) is 8.35. The Bertz CT molecular complexity index is 1500. The number of benzene rings is 2. The average molecular weight is 700 g/mol. The van der Waals surface area contributed by atoms with Gasteiger partial charge in [0.15, 0.2) is 28.4 Å². The smallest absolute Gasteiger partial charge is 0.302 e. The Morgan fingerprint density at radius 2 is 1.42 bits per heavy atom. The first kappa shape index (κ1) is 33.6. The maximum absolute atomic E-state index is 13.8. The van der Waals surface area contributed by atoms with Crippen molar-refractivity contribution in [3.8, 4) is 0 Å². The van der Waals surface area contributed by atoms with Crippen LogP contribution in [0.25, 0.3) is 0 Å². The molecule has 0 saturated carbocycles. The topological polar surface area (TPSA) is 204 Å². The van der Waals surface area contributed by atoms with Gasteiger partial charge in [0.1, 0.15) is 6.54 Å².